The number of hydrogen-bond donors (Lipinski definition) is 0. The maximum absolute atomic E-state index is 14.2. The van der Waals surface area contributed by atoms with Gasteiger partial charge in [0, 0.05) is 26.3 Å². The molecule has 0 spiro atoms. The van der Waals surface area contributed by atoms with E-state index in [9.17, 15) is 19.3 Å². The molecule has 144 valence electrons. The fourth-order valence-corrected chi connectivity index (χ4v) is 3.11. The molecule has 0 bridgehead atoms. The maximum Gasteiger partial charge on any atom is 0.309 e. The smallest absolute Gasteiger partial charge is 0.309 e. The SMILES string of the molecule is COC1(CC(=O)OC(C)(C)C)CCN(c2ccc([N+](=O)[O-])cc2F)CC1. The van der Waals surface area contributed by atoms with E-state index >= 15 is 0 Å². The highest BCUT2D eigenvalue weighted by Crippen LogP contribution is 2.34. The zero-order chi connectivity index (χ0) is 19.5. The Hall–Kier alpha value is -2.22. The largest absolute Gasteiger partial charge is 0.460 e. The van der Waals surface area contributed by atoms with Crippen molar-refractivity contribution in [2.75, 3.05) is 25.1 Å². The number of benzene rings is 1. The van der Waals surface area contributed by atoms with Gasteiger partial charge in [-0.25, -0.2) is 4.39 Å². The number of halogens is 1. The molecular weight excluding hydrogens is 343 g/mol. The number of piperidine rings is 1. The quantitative estimate of drug-likeness (QED) is 0.450. The zero-order valence-corrected chi connectivity index (χ0v) is 15.6. The number of nitro groups is 1. The van der Waals surface area contributed by atoms with E-state index in [4.69, 9.17) is 9.47 Å². The summed E-state index contributed by atoms with van der Waals surface area (Å²) >= 11 is 0. The van der Waals surface area contributed by atoms with Gasteiger partial charge < -0.3 is 14.4 Å². The van der Waals surface area contributed by atoms with Crippen LogP contribution in [0, 0.1) is 15.9 Å². The molecule has 1 saturated heterocycles. The molecule has 0 aliphatic carbocycles. The van der Waals surface area contributed by atoms with Gasteiger partial charge in [-0.05, 0) is 39.7 Å². The highest BCUT2D eigenvalue weighted by atomic mass is 19.1. The van der Waals surface area contributed by atoms with E-state index in [0.717, 1.165) is 6.07 Å². The topological polar surface area (TPSA) is 81.9 Å². The number of anilines is 1. The lowest BCUT2D eigenvalue weighted by molar-refractivity contribution is -0.385. The Kier molecular flexibility index (Phi) is 5.85. The first-order valence-electron chi connectivity index (χ1n) is 8.51. The van der Waals surface area contributed by atoms with Gasteiger partial charge in [0.1, 0.15) is 5.60 Å². The van der Waals surface area contributed by atoms with E-state index in [1.54, 1.807) is 7.11 Å². The number of methoxy groups -OCH3 is 1. The molecule has 1 fully saturated rings. The number of hydrogen-bond acceptors (Lipinski definition) is 6. The van der Waals surface area contributed by atoms with Gasteiger partial charge in [-0.2, -0.15) is 0 Å². The van der Waals surface area contributed by atoms with Crippen molar-refractivity contribution < 1.29 is 23.6 Å². The van der Waals surface area contributed by atoms with E-state index in [1.807, 2.05) is 25.7 Å². The van der Waals surface area contributed by atoms with Crippen molar-refractivity contribution in [3.8, 4) is 0 Å². The molecule has 0 atom stereocenters. The van der Waals surface area contributed by atoms with E-state index in [-0.39, 0.29) is 18.1 Å². The average Bonchev–Trinajstić information content (AvgIpc) is 2.53. The van der Waals surface area contributed by atoms with Crippen LogP contribution in [-0.2, 0) is 14.3 Å². The lowest BCUT2D eigenvalue weighted by Crippen LogP contribution is -2.47. The molecule has 1 aromatic carbocycles. The second kappa shape index (κ2) is 7.57. The second-order valence-corrected chi connectivity index (χ2v) is 7.53. The number of carbonyl (C=O) groups is 1. The van der Waals surface area contributed by atoms with E-state index in [2.05, 4.69) is 0 Å². The average molecular weight is 368 g/mol. The Morgan fingerprint density at radius 2 is 1.96 bits per heavy atom. The first kappa shape index (κ1) is 20.1. The van der Waals surface area contributed by atoms with Crippen molar-refractivity contribution in [2.45, 2.75) is 51.2 Å². The number of ether oxygens (including phenoxy) is 2. The van der Waals surface area contributed by atoms with Crippen LogP contribution in [0.2, 0.25) is 0 Å². The molecule has 1 heterocycles. The number of nitrogens with zero attached hydrogens (tertiary/aromatic N) is 2. The minimum Gasteiger partial charge on any atom is -0.460 e. The number of nitro benzene ring substituents is 1. The molecule has 0 radical (unpaired) electrons. The lowest BCUT2D eigenvalue weighted by atomic mass is 9.87. The normalized spacial score (nSPS) is 17.0. The van der Waals surface area contributed by atoms with Gasteiger partial charge in [-0.1, -0.05) is 0 Å². The first-order valence-corrected chi connectivity index (χ1v) is 8.51. The summed E-state index contributed by atoms with van der Waals surface area (Å²) < 4.78 is 25.2. The van der Waals surface area contributed by atoms with Crippen molar-refractivity contribution in [3.63, 3.8) is 0 Å². The zero-order valence-electron chi connectivity index (χ0n) is 15.6. The molecule has 0 amide bonds. The Morgan fingerprint density at radius 3 is 2.42 bits per heavy atom. The summed E-state index contributed by atoms with van der Waals surface area (Å²) in [6.45, 7) is 6.38. The van der Waals surface area contributed by atoms with Crippen LogP contribution < -0.4 is 4.90 Å². The fraction of sp³-hybridized carbons (Fsp3) is 0.611. The van der Waals surface area contributed by atoms with Crippen LogP contribution in [0.3, 0.4) is 0 Å². The molecule has 26 heavy (non-hydrogen) atoms. The minimum absolute atomic E-state index is 0.136. The van der Waals surface area contributed by atoms with Crippen LogP contribution in [0.15, 0.2) is 18.2 Å². The lowest BCUT2D eigenvalue weighted by Gasteiger charge is -2.41. The summed E-state index contributed by atoms with van der Waals surface area (Å²) in [6.07, 6.45) is 1.19. The summed E-state index contributed by atoms with van der Waals surface area (Å²) in [5.74, 6) is -0.953. The highest BCUT2D eigenvalue weighted by molar-refractivity contribution is 5.71. The van der Waals surface area contributed by atoms with Crippen LogP contribution in [0.4, 0.5) is 15.8 Å². The molecule has 1 aromatic rings. The standard InChI is InChI=1S/C18H25FN2O5/c1-17(2,3)26-16(22)12-18(25-4)7-9-20(10-8-18)15-6-5-13(21(23)24)11-14(15)19/h5-6,11H,7-10,12H2,1-4H3. The van der Waals surface area contributed by atoms with Crippen molar-refractivity contribution in [1.82, 2.24) is 0 Å². The number of non-ortho nitro benzene ring substituents is 1. The van der Waals surface area contributed by atoms with E-state index in [0.29, 0.717) is 31.6 Å². The van der Waals surface area contributed by atoms with Gasteiger partial charge in [0.2, 0.25) is 0 Å². The first-order chi connectivity index (χ1) is 12.1. The highest BCUT2D eigenvalue weighted by Gasteiger charge is 2.38. The third-order valence-electron chi connectivity index (χ3n) is 4.48. The molecule has 1 aliphatic rings. The van der Waals surface area contributed by atoms with Crippen LogP contribution in [-0.4, -0.2) is 42.3 Å². The summed E-state index contributed by atoms with van der Waals surface area (Å²) in [7, 11) is 1.56. The van der Waals surface area contributed by atoms with Crippen molar-refractivity contribution in [3.05, 3.63) is 34.1 Å². The number of rotatable bonds is 5. The van der Waals surface area contributed by atoms with E-state index < -0.39 is 21.9 Å². The van der Waals surface area contributed by atoms with Crippen molar-refractivity contribution in [1.29, 1.82) is 0 Å². The third-order valence-corrected chi connectivity index (χ3v) is 4.48. The van der Waals surface area contributed by atoms with Crippen molar-refractivity contribution in [2.24, 2.45) is 0 Å². The van der Waals surface area contributed by atoms with Gasteiger partial charge in [0.25, 0.3) is 5.69 Å². The predicted octanol–water partition coefficient (Wildman–Crippen LogP) is 3.45. The number of carbonyl (C=O) groups excluding carboxylic acids is 1. The Labute approximate surface area is 152 Å². The second-order valence-electron chi connectivity index (χ2n) is 7.53. The molecular formula is C18H25FN2O5. The van der Waals surface area contributed by atoms with Gasteiger partial charge >= 0.3 is 5.97 Å². The van der Waals surface area contributed by atoms with E-state index in [1.165, 1.54) is 12.1 Å². The van der Waals surface area contributed by atoms with Crippen LogP contribution in [0.1, 0.15) is 40.0 Å². The van der Waals surface area contributed by atoms with Crippen LogP contribution >= 0.6 is 0 Å². The fourth-order valence-electron chi connectivity index (χ4n) is 3.11. The third kappa shape index (κ3) is 4.91. The van der Waals surface area contributed by atoms with Crippen LogP contribution in [0.25, 0.3) is 0 Å². The Balaban J connectivity index is 2.04. The molecule has 7 nitrogen and oxygen atoms in total. The molecule has 1 aliphatic heterocycles. The maximum atomic E-state index is 14.2. The summed E-state index contributed by atoms with van der Waals surface area (Å²) in [6, 6.07) is 3.63. The molecule has 8 heteroatoms. The molecule has 0 aromatic heterocycles. The molecule has 0 saturated carbocycles. The van der Waals surface area contributed by atoms with Crippen molar-refractivity contribution >= 4 is 17.3 Å². The summed E-state index contributed by atoms with van der Waals surface area (Å²) in [5.41, 5.74) is -1.16. The Morgan fingerprint density at radius 1 is 1.35 bits per heavy atom. The van der Waals surface area contributed by atoms with Gasteiger partial charge in [-0.15, -0.1) is 0 Å². The minimum atomic E-state index is -0.643. The summed E-state index contributed by atoms with van der Waals surface area (Å²) in [4.78, 5) is 24.1. The Bertz CT molecular complexity index is 679. The van der Waals surface area contributed by atoms with Gasteiger partial charge in [0.15, 0.2) is 5.82 Å². The van der Waals surface area contributed by atoms with Gasteiger partial charge in [0.05, 0.1) is 28.7 Å². The number of esters is 1. The molecule has 2 rings (SSSR count). The molecule has 0 N–H and O–H groups in total. The summed E-state index contributed by atoms with van der Waals surface area (Å²) in [5, 5.41) is 10.7. The van der Waals surface area contributed by atoms with Gasteiger partial charge in [-0.3, -0.25) is 14.9 Å². The monoisotopic (exact) mass is 368 g/mol. The predicted molar refractivity (Wildman–Crippen MR) is 94.7 cm³/mol. The van der Waals surface area contributed by atoms with Crippen LogP contribution in [0.5, 0.6) is 0 Å². The molecule has 0 unspecified atom stereocenters.